The van der Waals surface area contributed by atoms with Crippen LogP contribution in [0.1, 0.15) is 0 Å². The van der Waals surface area contributed by atoms with E-state index >= 15 is 0 Å². The molecular weight excluding hydrogens is 164 g/mol. The summed E-state index contributed by atoms with van der Waals surface area (Å²) in [6.07, 6.45) is 6.93. The van der Waals surface area contributed by atoms with Gasteiger partial charge in [0.15, 0.2) is 0 Å². The number of halogens is 1. The average Bonchev–Trinajstić information content (AvgIpc) is 2.04. The molecule has 1 atom stereocenters. The standard InChI is InChI=1S/C7H9ClN2O/c1-9-7(11)10-5-3-2-4-6(10)8/h2-6H,1H3,(H,9,11)/t6-/m1/s1. The minimum absolute atomic E-state index is 0.203. The molecule has 0 aromatic carbocycles. The van der Waals surface area contributed by atoms with E-state index in [4.69, 9.17) is 11.6 Å². The lowest BCUT2D eigenvalue weighted by Gasteiger charge is -2.22. The van der Waals surface area contributed by atoms with Crippen molar-refractivity contribution < 1.29 is 4.79 Å². The minimum Gasteiger partial charge on any atom is -0.341 e. The van der Waals surface area contributed by atoms with E-state index < -0.39 is 0 Å². The molecule has 0 radical (unpaired) electrons. The van der Waals surface area contributed by atoms with Gasteiger partial charge in [0, 0.05) is 13.2 Å². The zero-order valence-corrected chi connectivity index (χ0v) is 6.88. The van der Waals surface area contributed by atoms with Crippen LogP contribution in [0.15, 0.2) is 24.4 Å². The molecular formula is C7H9ClN2O. The third-order valence-corrected chi connectivity index (χ3v) is 1.70. The van der Waals surface area contributed by atoms with Crippen LogP contribution < -0.4 is 5.32 Å². The normalized spacial score (nSPS) is 22.0. The smallest absolute Gasteiger partial charge is 0.322 e. The molecule has 0 bridgehead atoms. The highest BCUT2D eigenvalue weighted by molar-refractivity contribution is 6.22. The van der Waals surface area contributed by atoms with Gasteiger partial charge in [-0.2, -0.15) is 0 Å². The molecule has 1 aliphatic rings. The molecule has 0 spiro atoms. The van der Waals surface area contributed by atoms with Crippen LogP contribution in [0.25, 0.3) is 0 Å². The number of allylic oxidation sites excluding steroid dienone is 2. The summed E-state index contributed by atoms with van der Waals surface area (Å²) < 4.78 is 0. The van der Waals surface area contributed by atoms with Crippen molar-refractivity contribution in [2.75, 3.05) is 7.05 Å². The minimum atomic E-state index is -0.375. The summed E-state index contributed by atoms with van der Waals surface area (Å²) in [5, 5.41) is 2.48. The molecule has 60 valence electrons. The van der Waals surface area contributed by atoms with E-state index in [1.807, 2.05) is 0 Å². The molecule has 0 fully saturated rings. The van der Waals surface area contributed by atoms with Crippen LogP contribution in [0.4, 0.5) is 4.79 Å². The van der Waals surface area contributed by atoms with Crippen molar-refractivity contribution >= 4 is 17.6 Å². The van der Waals surface area contributed by atoms with E-state index in [0.29, 0.717) is 0 Å². The Morgan fingerprint density at radius 2 is 2.36 bits per heavy atom. The number of hydrogen-bond donors (Lipinski definition) is 1. The van der Waals surface area contributed by atoms with E-state index in [1.165, 1.54) is 4.90 Å². The Morgan fingerprint density at radius 3 is 2.91 bits per heavy atom. The lowest BCUT2D eigenvalue weighted by Crippen LogP contribution is -2.38. The van der Waals surface area contributed by atoms with Gasteiger partial charge in [0.25, 0.3) is 0 Å². The maximum Gasteiger partial charge on any atom is 0.322 e. The van der Waals surface area contributed by atoms with Crippen molar-refractivity contribution in [2.24, 2.45) is 0 Å². The molecule has 0 aromatic rings. The Bertz CT molecular complexity index is 212. The number of rotatable bonds is 0. The molecule has 0 saturated heterocycles. The van der Waals surface area contributed by atoms with Crippen LogP contribution in [0, 0.1) is 0 Å². The first kappa shape index (κ1) is 8.14. The third-order valence-electron chi connectivity index (χ3n) is 1.34. The summed E-state index contributed by atoms with van der Waals surface area (Å²) >= 11 is 5.78. The number of nitrogens with zero attached hydrogens (tertiary/aromatic N) is 1. The number of alkyl halides is 1. The van der Waals surface area contributed by atoms with Gasteiger partial charge in [0.1, 0.15) is 5.50 Å². The van der Waals surface area contributed by atoms with Crippen LogP contribution in [0.2, 0.25) is 0 Å². The highest BCUT2D eigenvalue weighted by atomic mass is 35.5. The average molecular weight is 173 g/mol. The van der Waals surface area contributed by atoms with E-state index in [9.17, 15) is 4.79 Å². The summed E-state index contributed by atoms with van der Waals surface area (Å²) in [4.78, 5) is 12.4. The SMILES string of the molecule is CNC(=O)N1C=CC=C[C@@H]1Cl. The van der Waals surface area contributed by atoms with Crippen molar-refractivity contribution in [3.8, 4) is 0 Å². The molecule has 1 heterocycles. The number of amides is 2. The van der Waals surface area contributed by atoms with Crippen LogP contribution in [0.5, 0.6) is 0 Å². The summed E-state index contributed by atoms with van der Waals surface area (Å²) in [5.74, 6) is 0. The van der Waals surface area contributed by atoms with Gasteiger partial charge in [-0.3, -0.25) is 4.90 Å². The van der Waals surface area contributed by atoms with Gasteiger partial charge in [0.05, 0.1) is 0 Å². The third kappa shape index (κ3) is 1.74. The van der Waals surface area contributed by atoms with Crippen molar-refractivity contribution in [3.05, 3.63) is 24.4 Å². The Morgan fingerprint density at radius 1 is 1.64 bits per heavy atom. The lowest BCUT2D eigenvalue weighted by molar-refractivity contribution is 0.217. The molecule has 0 unspecified atom stereocenters. The number of carbonyl (C=O) groups excluding carboxylic acids is 1. The van der Waals surface area contributed by atoms with Gasteiger partial charge in [-0.15, -0.1) is 0 Å². The zero-order valence-electron chi connectivity index (χ0n) is 6.12. The van der Waals surface area contributed by atoms with Gasteiger partial charge in [0.2, 0.25) is 0 Å². The molecule has 1 rings (SSSR count). The molecule has 1 N–H and O–H groups in total. The molecule has 4 heteroatoms. The monoisotopic (exact) mass is 172 g/mol. The highest BCUT2D eigenvalue weighted by Gasteiger charge is 2.16. The van der Waals surface area contributed by atoms with Crippen molar-refractivity contribution in [1.82, 2.24) is 10.2 Å². The second kappa shape index (κ2) is 3.44. The Labute approximate surface area is 70.3 Å². The predicted molar refractivity (Wildman–Crippen MR) is 44.2 cm³/mol. The molecule has 1 aliphatic heterocycles. The number of urea groups is 1. The molecule has 0 aliphatic carbocycles. The molecule has 11 heavy (non-hydrogen) atoms. The number of carbonyl (C=O) groups is 1. The van der Waals surface area contributed by atoms with Gasteiger partial charge in [-0.1, -0.05) is 17.7 Å². The summed E-state index contributed by atoms with van der Waals surface area (Å²) in [5.41, 5.74) is -0.375. The maximum absolute atomic E-state index is 11.0. The van der Waals surface area contributed by atoms with Crippen LogP contribution in [0.3, 0.4) is 0 Å². The molecule has 0 aromatic heterocycles. The zero-order chi connectivity index (χ0) is 8.27. The van der Waals surface area contributed by atoms with Crippen molar-refractivity contribution in [3.63, 3.8) is 0 Å². The van der Waals surface area contributed by atoms with Gasteiger partial charge >= 0.3 is 6.03 Å². The Kier molecular flexibility index (Phi) is 2.54. The quantitative estimate of drug-likeness (QED) is 0.433. The van der Waals surface area contributed by atoms with E-state index in [0.717, 1.165) is 0 Å². The number of hydrogen-bond acceptors (Lipinski definition) is 1. The largest absolute Gasteiger partial charge is 0.341 e. The van der Waals surface area contributed by atoms with Crippen LogP contribution in [-0.2, 0) is 0 Å². The summed E-state index contributed by atoms with van der Waals surface area (Å²) in [6.45, 7) is 0. The van der Waals surface area contributed by atoms with Crippen molar-refractivity contribution in [1.29, 1.82) is 0 Å². The topological polar surface area (TPSA) is 32.3 Å². The second-order valence-corrected chi connectivity index (χ2v) is 2.51. The Hall–Kier alpha value is -0.960. The fraction of sp³-hybridized carbons (Fsp3) is 0.286. The first-order chi connectivity index (χ1) is 5.25. The fourth-order valence-corrected chi connectivity index (χ4v) is 1.02. The first-order valence-corrected chi connectivity index (χ1v) is 3.68. The summed E-state index contributed by atoms with van der Waals surface area (Å²) in [6, 6.07) is -0.203. The summed E-state index contributed by atoms with van der Waals surface area (Å²) in [7, 11) is 1.57. The highest BCUT2D eigenvalue weighted by Crippen LogP contribution is 2.11. The Balaban J connectivity index is 2.65. The molecule has 3 nitrogen and oxygen atoms in total. The van der Waals surface area contributed by atoms with E-state index in [-0.39, 0.29) is 11.5 Å². The predicted octanol–water partition coefficient (Wildman–Crippen LogP) is 1.28. The van der Waals surface area contributed by atoms with Crippen LogP contribution >= 0.6 is 11.6 Å². The van der Waals surface area contributed by atoms with Gasteiger partial charge in [-0.05, 0) is 12.2 Å². The maximum atomic E-state index is 11.0. The lowest BCUT2D eigenvalue weighted by atomic mass is 10.3. The van der Waals surface area contributed by atoms with E-state index in [2.05, 4.69) is 5.32 Å². The molecule has 0 saturated carbocycles. The van der Waals surface area contributed by atoms with Crippen LogP contribution in [-0.4, -0.2) is 23.5 Å². The second-order valence-electron chi connectivity index (χ2n) is 2.06. The number of nitrogens with one attached hydrogen (secondary N) is 1. The first-order valence-electron chi connectivity index (χ1n) is 3.25. The van der Waals surface area contributed by atoms with Gasteiger partial charge in [-0.25, -0.2) is 4.79 Å². The van der Waals surface area contributed by atoms with Gasteiger partial charge < -0.3 is 5.32 Å². The fourth-order valence-electron chi connectivity index (χ4n) is 0.782. The van der Waals surface area contributed by atoms with Crippen molar-refractivity contribution in [2.45, 2.75) is 5.50 Å². The molecule has 2 amide bonds. The van der Waals surface area contributed by atoms with E-state index in [1.54, 1.807) is 31.5 Å².